The molecule has 0 aliphatic rings. The summed E-state index contributed by atoms with van der Waals surface area (Å²) >= 11 is 0. The van der Waals surface area contributed by atoms with Crippen LogP contribution in [0.3, 0.4) is 0 Å². The van der Waals surface area contributed by atoms with Crippen LogP contribution in [0, 0.1) is 5.82 Å². The lowest BCUT2D eigenvalue weighted by Gasteiger charge is -2.25. The summed E-state index contributed by atoms with van der Waals surface area (Å²) in [5, 5.41) is 2.80. The van der Waals surface area contributed by atoms with Crippen molar-refractivity contribution >= 4 is 21.6 Å². The van der Waals surface area contributed by atoms with E-state index in [-0.39, 0.29) is 16.6 Å². The molecule has 0 aliphatic heterocycles. The van der Waals surface area contributed by atoms with Crippen LogP contribution in [0.25, 0.3) is 0 Å². The maximum absolute atomic E-state index is 13.8. The van der Waals surface area contributed by atoms with Gasteiger partial charge in [0.05, 0.1) is 16.6 Å². The third kappa shape index (κ3) is 5.00. The Kier molecular flexibility index (Phi) is 6.29. The Labute approximate surface area is 169 Å². The molecule has 0 aromatic heterocycles. The van der Waals surface area contributed by atoms with Crippen LogP contribution >= 0.6 is 0 Å². The summed E-state index contributed by atoms with van der Waals surface area (Å²) in [4.78, 5) is 12.7. The van der Waals surface area contributed by atoms with Crippen molar-refractivity contribution in [2.24, 2.45) is 0 Å². The fourth-order valence-corrected chi connectivity index (χ4v) is 4.34. The number of nitrogens with one attached hydrogen (secondary N) is 1. The Morgan fingerprint density at radius 1 is 0.966 bits per heavy atom. The van der Waals surface area contributed by atoms with E-state index in [1.54, 1.807) is 18.2 Å². The van der Waals surface area contributed by atoms with Gasteiger partial charge in [0.2, 0.25) is 5.91 Å². The molecule has 0 bridgehead atoms. The Balaban J connectivity index is 1.89. The summed E-state index contributed by atoms with van der Waals surface area (Å²) in [5.41, 5.74) is 0.973. The molecule has 0 aliphatic carbocycles. The Bertz CT molecular complexity index is 1070. The summed E-state index contributed by atoms with van der Waals surface area (Å²) in [7, 11) is -4.06. The van der Waals surface area contributed by atoms with E-state index in [4.69, 9.17) is 0 Å². The predicted octanol–water partition coefficient (Wildman–Crippen LogP) is 3.90. The normalized spacial score (nSPS) is 12.2. The highest BCUT2D eigenvalue weighted by Crippen LogP contribution is 2.24. The van der Waals surface area contributed by atoms with Crippen LogP contribution in [0.2, 0.25) is 0 Å². The van der Waals surface area contributed by atoms with Gasteiger partial charge >= 0.3 is 0 Å². The van der Waals surface area contributed by atoms with Crippen LogP contribution in [0.15, 0.2) is 89.8 Å². The summed E-state index contributed by atoms with van der Waals surface area (Å²) in [6, 6.07) is 21.9. The molecule has 3 rings (SSSR count). The molecule has 0 saturated carbocycles. The highest BCUT2D eigenvalue weighted by atomic mass is 32.2. The molecule has 3 aromatic carbocycles. The van der Waals surface area contributed by atoms with Crippen molar-refractivity contribution < 1.29 is 17.6 Å². The first-order valence-corrected chi connectivity index (χ1v) is 10.5. The van der Waals surface area contributed by atoms with Gasteiger partial charge in [-0.15, -0.1) is 0 Å². The monoisotopic (exact) mass is 412 g/mol. The summed E-state index contributed by atoms with van der Waals surface area (Å²) < 4.78 is 41.0. The smallest absolute Gasteiger partial charge is 0.264 e. The predicted molar refractivity (Wildman–Crippen MR) is 110 cm³/mol. The SMILES string of the molecule is C[C@@H](NC(=O)CN(c1cccc(F)c1)S(=O)(=O)c1ccccc1)c1ccccc1. The molecule has 0 radical (unpaired) electrons. The second-order valence-corrected chi connectivity index (χ2v) is 8.37. The number of carbonyl (C=O) groups excluding carboxylic acids is 1. The second kappa shape index (κ2) is 8.87. The third-order valence-electron chi connectivity index (χ3n) is 4.39. The average Bonchev–Trinajstić information content (AvgIpc) is 2.73. The minimum atomic E-state index is -4.06. The van der Waals surface area contributed by atoms with Gasteiger partial charge in [-0.1, -0.05) is 54.6 Å². The molecular formula is C22H21FN2O3S. The average molecular weight is 412 g/mol. The maximum atomic E-state index is 13.8. The van der Waals surface area contributed by atoms with E-state index in [1.807, 2.05) is 37.3 Å². The molecule has 1 amide bonds. The zero-order chi connectivity index (χ0) is 20.9. The van der Waals surface area contributed by atoms with Gasteiger partial charge in [0.25, 0.3) is 10.0 Å². The first-order valence-electron chi connectivity index (χ1n) is 9.05. The van der Waals surface area contributed by atoms with E-state index >= 15 is 0 Å². The van der Waals surface area contributed by atoms with Crippen molar-refractivity contribution in [2.75, 3.05) is 10.8 Å². The Hall–Kier alpha value is -3.19. The molecule has 1 atom stereocenters. The number of halogens is 1. The first kappa shape index (κ1) is 20.5. The number of rotatable bonds is 7. The quantitative estimate of drug-likeness (QED) is 0.640. The molecule has 0 saturated heterocycles. The van der Waals surface area contributed by atoms with Crippen molar-refractivity contribution in [1.29, 1.82) is 0 Å². The molecule has 0 fully saturated rings. The Morgan fingerprint density at radius 3 is 2.21 bits per heavy atom. The van der Waals surface area contributed by atoms with Gasteiger partial charge < -0.3 is 5.32 Å². The Morgan fingerprint density at radius 2 is 1.59 bits per heavy atom. The van der Waals surface area contributed by atoms with Crippen molar-refractivity contribution in [3.63, 3.8) is 0 Å². The zero-order valence-corrected chi connectivity index (χ0v) is 16.6. The van der Waals surface area contributed by atoms with E-state index in [2.05, 4.69) is 5.32 Å². The van der Waals surface area contributed by atoms with Crippen molar-refractivity contribution in [1.82, 2.24) is 5.32 Å². The molecule has 29 heavy (non-hydrogen) atoms. The number of sulfonamides is 1. The molecule has 0 heterocycles. The number of amides is 1. The van der Waals surface area contributed by atoms with Gasteiger partial charge in [0.15, 0.2) is 0 Å². The van der Waals surface area contributed by atoms with Gasteiger partial charge in [0.1, 0.15) is 12.4 Å². The largest absolute Gasteiger partial charge is 0.348 e. The molecule has 3 aromatic rings. The van der Waals surface area contributed by atoms with Crippen LogP contribution in [0.1, 0.15) is 18.5 Å². The third-order valence-corrected chi connectivity index (χ3v) is 6.18. The lowest BCUT2D eigenvalue weighted by molar-refractivity contribution is -0.120. The van der Waals surface area contributed by atoms with Gasteiger partial charge in [0, 0.05) is 0 Å². The molecule has 1 N–H and O–H groups in total. The molecule has 5 nitrogen and oxygen atoms in total. The lowest BCUT2D eigenvalue weighted by atomic mass is 10.1. The molecular weight excluding hydrogens is 391 g/mol. The van der Waals surface area contributed by atoms with Gasteiger partial charge in [-0.2, -0.15) is 0 Å². The molecule has 0 spiro atoms. The number of anilines is 1. The number of hydrogen-bond donors (Lipinski definition) is 1. The van der Waals surface area contributed by atoms with Crippen LogP contribution in [0.5, 0.6) is 0 Å². The second-order valence-electron chi connectivity index (χ2n) is 6.50. The minimum Gasteiger partial charge on any atom is -0.348 e. The number of nitrogens with zero attached hydrogens (tertiary/aromatic N) is 1. The highest BCUT2D eigenvalue weighted by Gasteiger charge is 2.27. The van der Waals surface area contributed by atoms with Crippen LogP contribution in [-0.2, 0) is 14.8 Å². The van der Waals surface area contributed by atoms with E-state index in [9.17, 15) is 17.6 Å². The molecule has 7 heteroatoms. The van der Waals surface area contributed by atoms with Crippen molar-refractivity contribution in [2.45, 2.75) is 17.9 Å². The number of benzene rings is 3. The topological polar surface area (TPSA) is 66.5 Å². The van der Waals surface area contributed by atoms with Crippen LogP contribution < -0.4 is 9.62 Å². The van der Waals surface area contributed by atoms with Gasteiger partial charge in [-0.05, 0) is 42.8 Å². The molecule has 150 valence electrons. The lowest BCUT2D eigenvalue weighted by Crippen LogP contribution is -2.41. The first-order chi connectivity index (χ1) is 13.9. The maximum Gasteiger partial charge on any atom is 0.264 e. The van der Waals surface area contributed by atoms with E-state index < -0.39 is 28.3 Å². The minimum absolute atomic E-state index is 0.0215. The number of carbonyl (C=O) groups is 1. The summed E-state index contributed by atoms with van der Waals surface area (Å²) in [6.07, 6.45) is 0. The summed E-state index contributed by atoms with van der Waals surface area (Å²) in [6.45, 7) is 1.34. The fraction of sp³-hybridized carbons (Fsp3) is 0.136. The number of hydrogen-bond acceptors (Lipinski definition) is 3. The van der Waals surface area contributed by atoms with Gasteiger partial charge in [-0.3, -0.25) is 9.10 Å². The van der Waals surface area contributed by atoms with E-state index in [0.29, 0.717) is 0 Å². The zero-order valence-electron chi connectivity index (χ0n) is 15.8. The standard InChI is InChI=1S/C22H21FN2O3S/c1-17(18-9-4-2-5-10-18)24-22(26)16-25(20-12-8-11-19(23)15-20)29(27,28)21-13-6-3-7-14-21/h2-15,17H,16H2,1H3,(H,24,26)/t17-/m1/s1. The van der Waals surface area contributed by atoms with Crippen LogP contribution in [0.4, 0.5) is 10.1 Å². The van der Waals surface area contributed by atoms with Crippen molar-refractivity contribution in [3.8, 4) is 0 Å². The van der Waals surface area contributed by atoms with E-state index in [1.165, 1.54) is 30.3 Å². The van der Waals surface area contributed by atoms with E-state index in [0.717, 1.165) is 15.9 Å². The molecule has 0 unspecified atom stereocenters. The van der Waals surface area contributed by atoms with Crippen molar-refractivity contribution in [3.05, 3.63) is 96.3 Å². The fourth-order valence-electron chi connectivity index (χ4n) is 2.91. The summed E-state index contributed by atoms with van der Waals surface area (Å²) in [5.74, 6) is -1.08. The highest BCUT2D eigenvalue weighted by molar-refractivity contribution is 7.92. The van der Waals surface area contributed by atoms with Crippen LogP contribution in [-0.4, -0.2) is 20.9 Å². The van der Waals surface area contributed by atoms with Gasteiger partial charge in [-0.25, -0.2) is 12.8 Å².